The monoisotopic (exact) mass is 402 g/mol. The summed E-state index contributed by atoms with van der Waals surface area (Å²) in [6, 6.07) is 7.39. The number of halogens is 1. The van der Waals surface area contributed by atoms with Gasteiger partial charge in [0, 0.05) is 34.0 Å². The fourth-order valence-electron chi connectivity index (χ4n) is 3.70. The van der Waals surface area contributed by atoms with E-state index in [1.165, 1.54) is 12.8 Å². The quantitative estimate of drug-likeness (QED) is 0.529. The van der Waals surface area contributed by atoms with Crippen molar-refractivity contribution >= 4 is 35.1 Å². The normalized spacial score (nSPS) is 18.9. The Kier molecular flexibility index (Phi) is 5.55. The van der Waals surface area contributed by atoms with Gasteiger partial charge in [-0.05, 0) is 25.3 Å². The summed E-state index contributed by atoms with van der Waals surface area (Å²) >= 11 is 8.18. The van der Waals surface area contributed by atoms with E-state index in [9.17, 15) is 4.79 Å². The van der Waals surface area contributed by atoms with Crippen molar-refractivity contribution in [1.82, 2.24) is 14.8 Å². The van der Waals surface area contributed by atoms with Gasteiger partial charge in [0.1, 0.15) is 6.04 Å². The molecule has 1 aromatic heterocycles. The van der Waals surface area contributed by atoms with Gasteiger partial charge in [-0.15, -0.1) is 5.10 Å². The van der Waals surface area contributed by atoms with Crippen molar-refractivity contribution in [3.63, 3.8) is 0 Å². The van der Waals surface area contributed by atoms with E-state index in [1.54, 1.807) is 11.8 Å². The van der Waals surface area contributed by atoms with Crippen LogP contribution in [-0.4, -0.2) is 26.3 Å². The molecule has 0 fully saturated rings. The number of aromatic nitrogens is 3. The molecule has 0 saturated heterocycles. The van der Waals surface area contributed by atoms with Gasteiger partial charge in [0.25, 0.3) is 0 Å². The molecule has 0 saturated carbocycles. The minimum atomic E-state index is -0.310. The number of carbonyl (C=O) groups excluding carboxylic acids is 1. The third-order valence-corrected chi connectivity index (χ3v) is 6.30. The Balaban J connectivity index is 1.73. The molecule has 5 nitrogen and oxygen atoms in total. The van der Waals surface area contributed by atoms with Crippen LogP contribution in [0.1, 0.15) is 57.1 Å². The van der Waals surface area contributed by atoms with Crippen LogP contribution in [0.25, 0.3) is 0 Å². The SMILES string of the molecule is CCCCCSc1nc2n(n1)C(c1ccccc1Cl)C1=C(CCCC1=O)N2. The standard InChI is InChI=1S/C20H23ClN4OS/c1-2-3-6-12-27-20-23-19-22-15-10-7-11-16(26)17(15)18(25(19)24-20)13-8-4-5-9-14(13)21/h4-5,8-9,18H,2-3,6-7,10-12H2,1H3,(H,22,23,24). The Hall–Kier alpha value is -1.79. The Bertz CT molecular complexity index is 892. The number of hydrogen-bond donors (Lipinski definition) is 1. The Morgan fingerprint density at radius 3 is 2.96 bits per heavy atom. The number of nitrogens with zero attached hydrogens (tertiary/aromatic N) is 3. The van der Waals surface area contributed by atoms with Crippen molar-refractivity contribution < 1.29 is 4.79 Å². The predicted octanol–water partition coefficient (Wildman–Crippen LogP) is 5.24. The van der Waals surface area contributed by atoms with Crippen LogP contribution >= 0.6 is 23.4 Å². The van der Waals surface area contributed by atoms with E-state index >= 15 is 0 Å². The van der Waals surface area contributed by atoms with E-state index in [0.717, 1.165) is 47.0 Å². The van der Waals surface area contributed by atoms with Gasteiger partial charge in [0.05, 0.1) is 0 Å². The van der Waals surface area contributed by atoms with Crippen LogP contribution in [0.15, 0.2) is 40.7 Å². The third kappa shape index (κ3) is 3.65. The Morgan fingerprint density at radius 1 is 1.30 bits per heavy atom. The lowest BCUT2D eigenvalue weighted by Gasteiger charge is -2.32. The van der Waals surface area contributed by atoms with E-state index in [4.69, 9.17) is 16.7 Å². The molecule has 4 rings (SSSR count). The third-order valence-electron chi connectivity index (χ3n) is 5.03. The van der Waals surface area contributed by atoms with Crippen molar-refractivity contribution in [3.8, 4) is 0 Å². The van der Waals surface area contributed by atoms with Crippen molar-refractivity contribution in [2.45, 2.75) is 56.6 Å². The van der Waals surface area contributed by atoms with Crippen LogP contribution in [0.5, 0.6) is 0 Å². The van der Waals surface area contributed by atoms with Gasteiger partial charge < -0.3 is 5.32 Å². The number of anilines is 1. The van der Waals surface area contributed by atoms with Crippen LogP contribution in [-0.2, 0) is 4.79 Å². The maximum absolute atomic E-state index is 12.8. The molecule has 0 spiro atoms. The van der Waals surface area contributed by atoms with Gasteiger partial charge in [-0.1, -0.05) is 61.3 Å². The second kappa shape index (κ2) is 8.07. The summed E-state index contributed by atoms with van der Waals surface area (Å²) in [5, 5.41) is 9.49. The topological polar surface area (TPSA) is 59.8 Å². The van der Waals surface area contributed by atoms with Crippen LogP contribution in [0.3, 0.4) is 0 Å². The van der Waals surface area contributed by atoms with Crippen molar-refractivity contribution in [1.29, 1.82) is 0 Å². The highest BCUT2D eigenvalue weighted by molar-refractivity contribution is 7.99. The molecule has 1 atom stereocenters. The van der Waals surface area contributed by atoms with Crippen LogP contribution in [0, 0.1) is 0 Å². The van der Waals surface area contributed by atoms with Crippen LogP contribution in [0.2, 0.25) is 5.02 Å². The number of carbonyl (C=O) groups is 1. The summed E-state index contributed by atoms with van der Waals surface area (Å²) in [6.07, 6.45) is 5.86. The molecule has 0 amide bonds. The fourth-order valence-corrected chi connectivity index (χ4v) is 4.76. The summed E-state index contributed by atoms with van der Waals surface area (Å²) in [5.41, 5.74) is 2.66. The summed E-state index contributed by atoms with van der Waals surface area (Å²) in [5.74, 6) is 1.87. The maximum atomic E-state index is 12.8. The highest BCUT2D eigenvalue weighted by Gasteiger charge is 2.37. The molecule has 2 heterocycles. The molecule has 1 aliphatic heterocycles. The molecule has 2 aliphatic rings. The van der Waals surface area contributed by atoms with Crippen molar-refractivity contribution in [2.75, 3.05) is 11.1 Å². The number of benzene rings is 1. The number of Topliss-reactive ketones (excluding diaryl/α,β-unsaturated/α-hetero) is 1. The van der Waals surface area contributed by atoms with E-state index < -0.39 is 0 Å². The number of ketones is 1. The zero-order chi connectivity index (χ0) is 18.8. The molecule has 1 aliphatic carbocycles. The molecule has 27 heavy (non-hydrogen) atoms. The number of thioether (sulfide) groups is 1. The number of allylic oxidation sites excluding steroid dienone is 2. The Morgan fingerprint density at radius 2 is 2.15 bits per heavy atom. The van der Waals surface area contributed by atoms with Gasteiger partial charge in [0.15, 0.2) is 5.78 Å². The first-order chi connectivity index (χ1) is 13.2. The van der Waals surface area contributed by atoms with Gasteiger partial charge in [-0.3, -0.25) is 4.79 Å². The molecule has 0 radical (unpaired) electrons. The summed E-state index contributed by atoms with van der Waals surface area (Å²) in [6.45, 7) is 2.20. The lowest BCUT2D eigenvalue weighted by Crippen LogP contribution is -2.31. The minimum absolute atomic E-state index is 0.173. The number of rotatable bonds is 6. The van der Waals surface area contributed by atoms with Gasteiger partial charge in [0.2, 0.25) is 11.1 Å². The molecule has 1 unspecified atom stereocenters. The lowest BCUT2D eigenvalue weighted by molar-refractivity contribution is -0.116. The molecule has 2 aromatic rings. The van der Waals surface area contributed by atoms with E-state index in [0.29, 0.717) is 17.4 Å². The van der Waals surface area contributed by atoms with Gasteiger partial charge in [-0.25, -0.2) is 4.68 Å². The molecule has 0 bridgehead atoms. The second-order valence-corrected chi connectivity index (χ2v) is 8.41. The summed E-state index contributed by atoms with van der Waals surface area (Å²) in [4.78, 5) is 17.5. The summed E-state index contributed by atoms with van der Waals surface area (Å²) in [7, 11) is 0. The number of hydrogen-bond acceptors (Lipinski definition) is 5. The zero-order valence-electron chi connectivity index (χ0n) is 15.4. The average Bonchev–Trinajstić information content (AvgIpc) is 3.07. The highest BCUT2D eigenvalue weighted by atomic mass is 35.5. The van der Waals surface area contributed by atoms with Crippen molar-refractivity contribution in [2.24, 2.45) is 0 Å². The number of nitrogens with one attached hydrogen (secondary N) is 1. The zero-order valence-corrected chi connectivity index (χ0v) is 16.9. The van der Waals surface area contributed by atoms with E-state index in [-0.39, 0.29) is 11.8 Å². The minimum Gasteiger partial charge on any atom is -0.328 e. The molecule has 1 aromatic carbocycles. The molecule has 7 heteroatoms. The molecule has 142 valence electrons. The molecular formula is C20H23ClN4OS. The molecule has 1 N–H and O–H groups in total. The predicted molar refractivity (Wildman–Crippen MR) is 109 cm³/mol. The Labute approximate surface area is 168 Å². The number of fused-ring (bicyclic) bond motifs is 1. The van der Waals surface area contributed by atoms with Crippen LogP contribution in [0.4, 0.5) is 5.95 Å². The van der Waals surface area contributed by atoms with Gasteiger partial charge >= 0.3 is 0 Å². The first-order valence-electron chi connectivity index (χ1n) is 9.56. The van der Waals surface area contributed by atoms with Crippen LogP contribution < -0.4 is 5.32 Å². The lowest BCUT2D eigenvalue weighted by atomic mass is 9.85. The fraction of sp³-hybridized carbons (Fsp3) is 0.450. The van der Waals surface area contributed by atoms with E-state index in [2.05, 4.69) is 17.2 Å². The largest absolute Gasteiger partial charge is 0.328 e. The highest BCUT2D eigenvalue weighted by Crippen LogP contribution is 2.42. The number of unbranched alkanes of at least 4 members (excludes halogenated alkanes) is 2. The maximum Gasteiger partial charge on any atom is 0.227 e. The second-order valence-electron chi connectivity index (χ2n) is 6.94. The van der Waals surface area contributed by atoms with E-state index in [1.807, 2.05) is 28.9 Å². The summed E-state index contributed by atoms with van der Waals surface area (Å²) < 4.78 is 1.84. The first-order valence-corrected chi connectivity index (χ1v) is 10.9. The van der Waals surface area contributed by atoms with Crippen molar-refractivity contribution in [3.05, 3.63) is 46.1 Å². The molecular weight excluding hydrogens is 380 g/mol. The average molecular weight is 403 g/mol. The van der Waals surface area contributed by atoms with Gasteiger partial charge in [-0.2, -0.15) is 4.98 Å². The smallest absolute Gasteiger partial charge is 0.227 e. The first kappa shape index (κ1) is 18.6.